The molecular formula is C26H31BrN2O3. The zero-order valence-electron chi connectivity index (χ0n) is 18.9. The van der Waals surface area contributed by atoms with Gasteiger partial charge in [0.05, 0.1) is 5.41 Å². The van der Waals surface area contributed by atoms with Crippen LogP contribution in [-0.4, -0.2) is 61.0 Å². The summed E-state index contributed by atoms with van der Waals surface area (Å²) in [6.45, 7) is 7.72. The Labute approximate surface area is 198 Å². The molecule has 32 heavy (non-hydrogen) atoms. The van der Waals surface area contributed by atoms with Gasteiger partial charge in [-0.3, -0.25) is 9.59 Å². The van der Waals surface area contributed by atoms with Crippen LogP contribution >= 0.6 is 15.9 Å². The molecule has 2 fully saturated rings. The lowest BCUT2D eigenvalue weighted by Gasteiger charge is -2.43. The van der Waals surface area contributed by atoms with Gasteiger partial charge in [0.25, 0.3) is 5.91 Å². The van der Waals surface area contributed by atoms with Gasteiger partial charge in [-0.25, -0.2) is 0 Å². The molecule has 0 N–H and O–H groups in total. The monoisotopic (exact) mass is 498 g/mol. The molecule has 2 aromatic carbocycles. The van der Waals surface area contributed by atoms with Crippen LogP contribution in [0.5, 0.6) is 0 Å². The van der Waals surface area contributed by atoms with Crippen LogP contribution in [0.25, 0.3) is 0 Å². The highest BCUT2D eigenvalue weighted by molar-refractivity contribution is 9.10. The largest absolute Gasteiger partial charge is 0.381 e. The van der Waals surface area contributed by atoms with Crippen LogP contribution in [0.2, 0.25) is 0 Å². The van der Waals surface area contributed by atoms with Gasteiger partial charge in [0.2, 0.25) is 5.91 Å². The fraction of sp³-hybridized carbons (Fsp3) is 0.462. The second-order valence-electron chi connectivity index (χ2n) is 9.06. The molecule has 0 aromatic heterocycles. The van der Waals surface area contributed by atoms with E-state index in [4.69, 9.17) is 4.74 Å². The van der Waals surface area contributed by atoms with E-state index < -0.39 is 5.41 Å². The molecule has 0 atom stereocenters. The molecule has 0 radical (unpaired) electrons. The third-order valence-electron chi connectivity index (χ3n) is 6.83. The van der Waals surface area contributed by atoms with Crippen molar-refractivity contribution in [2.75, 3.05) is 39.4 Å². The maximum absolute atomic E-state index is 13.8. The number of nitrogens with zero attached hydrogens (tertiary/aromatic N) is 2. The van der Waals surface area contributed by atoms with Crippen LogP contribution in [-0.2, 0) is 14.9 Å². The van der Waals surface area contributed by atoms with E-state index in [9.17, 15) is 9.59 Å². The molecule has 4 rings (SSSR count). The summed E-state index contributed by atoms with van der Waals surface area (Å²) in [5, 5.41) is 0. The highest BCUT2D eigenvalue weighted by Gasteiger charge is 2.44. The van der Waals surface area contributed by atoms with E-state index in [1.165, 1.54) is 5.56 Å². The van der Waals surface area contributed by atoms with Crippen LogP contribution in [0, 0.1) is 0 Å². The highest BCUT2D eigenvalue weighted by atomic mass is 79.9. The third kappa shape index (κ3) is 4.62. The number of benzene rings is 2. The second kappa shape index (κ2) is 9.75. The van der Waals surface area contributed by atoms with Crippen molar-refractivity contribution < 1.29 is 14.3 Å². The summed E-state index contributed by atoms with van der Waals surface area (Å²) in [6.07, 6.45) is 1.38. The van der Waals surface area contributed by atoms with Crippen molar-refractivity contribution in [3.8, 4) is 0 Å². The first-order chi connectivity index (χ1) is 15.4. The summed E-state index contributed by atoms with van der Waals surface area (Å²) < 4.78 is 6.60. The van der Waals surface area contributed by atoms with E-state index >= 15 is 0 Å². The molecule has 170 valence electrons. The van der Waals surface area contributed by atoms with Crippen LogP contribution in [0.1, 0.15) is 54.1 Å². The SMILES string of the molecule is CC(C)c1ccc(C(=O)N2CCN(C(=O)C3(c4ccc(Br)cc4)CCOCC3)CC2)cc1. The van der Waals surface area contributed by atoms with Gasteiger partial charge >= 0.3 is 0 Å². The molecule has 0 unspecified atom stereocenters. The van der Waals surface area contributed by atoms with Gasteiger partial charge in [-0.05, 0) is 54.2 Å². The maximum Gasteiger partial charge on any atom is 0.253 e. The number of hydrogen-bond acceptors (Lipinski definition) is 3. The molecule has 2 heterocycles. The Balaban J connectivity index is 1.44. The summed E-state index contributed by atoms with van der Waals surface area (Å²) >= 11 is 3.49. The number of carbonyl (C=O) groups is 2. The predicted molar refractivity (Wildman–Crippen MR) is 129 cm³/mol. The van der Waals surface area contributed by atoms with Crippen molar-refractivity contribution in [2.24, 2.45) is 0 Å². The summed E-state index contributed by atoms with van der Waals surface area (Å²) in [4.78, 5) is 30.5. The molecule has 5 nitrogen and oxygen atoms in total. The molecule has 2 saturated heterocycles. The minimum Gasteiger partial charge on any atom is -0.381 e. The summed E-state index contributed by atoms with van der Waals surface area (Å²) in [5.41, 5.74) is 2.45. The Morgan fingerprint density at radius 2 is 1.44 bits per heavy atom. The number of carbonyl (C=O) groups excluding carboxylic acids is 2. The highest BCUT2D eigenvalue weighted by Crippen LogP contribution is 2.37. The average molecular weight is 499 g/mol. The predicted octanol–water partition coefficient (Wildman–Crippen LogP) is 4.61. The molecule has 0 aliphatic carbocycles. The fourth-order valence-electron chi connectivity index (χ4n) is 4.72. The molecule has 2 aromatic rings. The molecule has 0 bridgehead atoms. The Bertz CT molecular complexity index is 942. The van der Waals surface area contributed by atoms with Gasteiger partial charge < -0.3 is 14.5 Å². The van der Waals surface area contributed by atoms with Gasteiger partial charge in [0.1, 0.15) is 0 Å². The van der Waals surface area contributed by atoms with Crippen LogP contribution in [0.3, 0.4) is 0 Å². The first-order valence-electron chi connectivity index (χ1n) is 11.4. The van der Waals surface area contributed by atoms with E-state index in [1.54, 1.807) is 0 Å². The number of hydrogen-bond donors (Lipinski definition) is 0. The van der Waals surface area contributed by atoms with Gasteiger partial charge in [0, 0.05) is 49.4 Å². The maximum atomic E-state index is 13.8. The van der Waals surface area contributed by atoms with Crippen LogP contribution < -0.4 is 0 Å². The first kappa shape index (κ1) is 23.0. The molecule has 0 saturated carbocycles. The quantitative estimate of drug-likeness (QED) is 0.618. The molecule has 2 aliphatic heterocycles. The Hall–Kier alpha value is -2.18. The van der Waals surface area contributed by atoms with Crippen LogP contribution in [0.15, 0.2) is 53.0 Å². The van der Waals surface area contributed by atoms with Crippen molar-refractivity contribution in [1.82, 2.24) is 9.80 Å². The van der Waals surface area contributed by atoms with E-state index in [2.05, 4.69) is 29.8 Å². The molecular weight excluding hydrogens is 468 g/mol. The van der Waals surface area contributed by atoms with Crippen molar-refractivity contribution in [3.63, 3.8) is 0 Å². The second-order valence-corrected chi connectivity index (χ2v) is 9.98. The number of piperazine rings is 1. The first-order valence-corrected chi connectivity index (χ1v) is 12.2. The topological polar surface area (TPSA) is 49.9 Å². The van der Waals surface area contributed by atoms with Crippen molar-refractivity contribution >= 4 is 27.7 Å². The summed E-state index contributed by atoms with van der Waals surface area (Å²) in [6, 6.07) is 16.0. The lowest BCUT2D eigenvalue weighted by Crippen LogP contribution is -2.56. The molecule has 2 amide bonds. The molecule has 6 heteroatoms. The third-order valence-corrected chi connectivity index (χ3v) is 7.36. The Kier molecular flexibility index (Phi) is 7.01. The van der Waals surface area contributed by atoms with Crippen LogP contribution in [0.4, 0.5) is 0 Å². The van der Waals surface area contributed by atoms with Crippen molar-refractivity contribution in [2.45, 2.75) is 38.0 Å². The van der Waals surface area contributed by atoms with Crippen molar-refractivity contribution in [1.29, 1.82) is 0 Å². The van der Waals surface area contributed by atoms with E-state index in [1.807, 2.05) is 58.3 Å². The normalized spacial score (nSPS) is 18.6. The van der Waals surface area contributed by atoms with E-state index in [-0.39, 0.29) is 11.8 Å². The fourth-order valence-corrected chi connectivity index (χ4v) is 4.99. The molecule has 0 spiro atoms. The number of halogens is 1. The lowest BCUT2D eigenvalue weighted by atomic mass is 9.73. The number of rotatable bonds is 4. The number of ether oxygens (including phenoxy) is 1. The van der Waals surface area contributed by atoms with Gasteiger partial charge in [-0.2, -0.15) is 0 Å². The van der Waals surface area contributed by atoms with Gasteiger partial charge in [0.15, 0.2) is 0 Å². The lowest BCUT2D eigenvalue weighted by molar-refractivity contribution is -0.142. The van der Waals surface area contributed by atoms with Gasteiger partial charge in [-0.1, -0.05) is 54.0 Å². The minimum atomic E-state index is -0.544. The number of amides is 2. The van der Waals surface area contributed by atoms with E-state index in [0.29, 0.717) is 63.7 Å². The Morgan fingerprint density at radius 1 is 0.875 bits per heavy atom. The summed E-state index contributed by atoms with van der Waals surface area (Å²) in [7, 11) is 0. The zero-order valence-corrected chi connectivity index (χ0v) is 20.4. The summed E-state index contributed by atoms with van der Waals surface area (Å²) in [5.74, 6) is 0.648. The average Bonchev–Trinajstić information content (AvgIpc) is 2.84. The Morgan fingerprint density at radius 3 is 2.00 bits per heavy atom. The van der Waals surface area contributed by atoms with E-state index in [0.717, 1.165) is 10.0 Å². The van der Waals surface area contributed by atoms with Gasteiger partial charge in [-0.15, -0.1) is 0 Å². The molecule has 2 aliphatic rings. The van der Waals surface area contributed by atoms with Crippen molar-refractivity contribution in [3.05, 3.63) is 69.7 Å². The smallest absolute Gasteiger partial charge is 0.253 e. The standard InChI is InChI=1S/C26H31BrN2O3/c1-19(2)20-3-5-21(6-4-20)24(30)28-13-15-29(16-14-28)25(31)26(11-17-32-18-12-26)22-7-9-23(27)10-8-22/h3-10,19H,11-18H2,1-2H3. The minimum absolute atomic E-state index is 0.0427. The zero-order chi connectivity index (χ0) is 22.7.